The van der Waals surface area contributed by atoms with Crippen molar-refractivity contribution in [2.45, 2.75) is 19.4 Å². The van der Waals surface area contributed by atoms with Crippen LogP contribution in [0.2, 0.25) is 0 Å². The van der Waals surface area contributed by atoms with Crippen LogP contribution in [0, 0.1) is 0 Å². The minimum atomic E-state index is -0.545. The van der Waals surface area contributed by atoms with Gasteiger partial charge in [-0.1, -0.05) is 18.2 Å². The highest BCUT2D eigenvalue weighted by atomic mass is 16.5. The Morgan fingerprint density at radius 2 is 2.06 bits per heavy atom. The van der Waals surface area contributed by atoms with Gasteiger partial charge in [0.2, 0.25) is 5.91 Å². The Hall–Kier alpha value is -1.88. The van der Waals surface area contributed by atoms with Crippen LogP contribution in [0.3, 0.4) is 0 Å². The molecule has 0 saturated carbocycles. The summed E-state index contributed by atoms with van der Waals surface area (Å²) in [6.07, 6.45) is -0.450. The summed E-state index contributed by atoms with van der Waals surface area (Å²) in [5.74, 6) is -0.698. The summed E-state index contributed by atoms with van der Waals surface area (Å²) in [5.41, 5.74) is 6.41. The van der Waals surface area contributed by atoms with Crippen LogP contribution in [0.1, 0.15) is 12.5 Å². The number of carbonyl (C=O) groups excluding carboxylic acids is 2. The number of methoxy groups -OCH3 is 1. The molecule has 1 unspecified atom stereocenters. The van der Waals surface area contributed by atoms with Crippen molar-refractivity contribution >= 4 is 17.5 Å². The number of rotatable bonds is 5. The number of nitrogens with one attached hydrogen (secondary N) is 1. The van der Waals surface area contributed by atoms with Crippen molar-refractivity contribution < 1.29 is 14.3 Å². The Kier molecular flexibility index (Phi) is 4.66. The summed E-state index contributed by atoms with van der Waals surface area (Å²) in [7, 11) is 1.46. The summed E-state index contributed by atoms with van der Waals surface area (Å²) in [4.78, 5) is 22.5. The molecule has 0 aliphatic carbocycles. The first-order valence-electron chi connectivity index (χ1n) is 5.24. The minimum Gasteiger partial charge on any atom is -0.372 e. The number of benzene rings is 1. The summed E-state index contributed by atoms with van der Waals surface area (Å²) in [6.45, 7) is 1.64. The molecule has 0 fully saturated rings. The second-order valence-electron chi connectivity index (χ2n) is 3.67. The van der Waals surface area contributed by atoms with E-state index in [2.05, 4.69) is 5.32 Å². The highest BCUT2D eigenvalue weighted by molar-refractivity contribution is 5.95. The van der Waals surface area contributed by atoms with Crippen LogP contribution in [-0.4, -0.2) is 25.0 Å². The maximum Gasteiger partial charge on any atom is 0.253 e. The summed E-state index contributed by atoms with van der Waals surface area (Å²) >= 11 is 0. The van der Waals surface area contributed by atoms with Gasteiger partial charge in [-0.05, 0) is 18.6 Å². The molecule has 92 valence electrons. The van der Waals surface area contributed by atoms with Gasteiger partial charge in [0.05, 0.1) is 6.42 Å². The molecule has 0 aliphatic heterocycles. The van der Waals surface area contributed by atoms with Crippen molar-refractivity contribution in [3.8, 4) is 0 Å². The van der Waals surface area contributed by atoms with E-state index in [0.29, 0.717) is 11.3 Å². The Morgan fingerprint density at radius 3 is 2.65 bits per heavy atom. The monoisotopic (exact) mass is 236 g/mol. The fraction of sp³-hybridized carbons (Fsp3) is 0.333. The van der Waals surface area contributed by atoms with Crippen molar-refractivity contribution in [2.75, 3.05) is 12.4 Å². The van der Waals surface area contributed by atoms with Gasteiger partial charge in [-0.15, -0.1) is 0 Å². The van der Waals surface area contributed by atoms with Gasteiger partial charge < -0.3 is 15.8 Å². The fourth-order valence-electron chi connectivity index (χ4n) is 1.33. The zero-order chi connectivity index (χ0) is 12.8. The van der Waals surface area contributed by atoms with Gasteiger partial charge in [-0.2, -0.15) is 0 Å². The molecule has 1 aromatic rings. The van der Waals surface area contributed by atoms with Crippen molar-refractivity contribution in [1.82, 2.24) is 0 Å². The van der Waals surface area contributed by atoms with Crippen LogP contribution in [0.4, 0.5) is 5.69 Å². The maximum atomic E-state index is 11.6. The highest BCUT2D eigenvalue weighted by Gasteiger charge is 2.13. The number of hydrogen-bond acceptors (Lipinski definition) is 3. The van der Waals surface area contributed by atoms with E-state index in [0.717, 1.165) is 0 Å². The van der Waals surface area contributed by atoms with E-state index in [4.69, 9.17) is 10.5 Å². The molecule has 5 heteroatoms. The zero-order valence-corrected chi connectivity index (χ0v) is 9.90. The van der Waals surface area contributed by atoms with E-state index in [9.17, 15) is 9.59 Å². The molecule has 0 spiro atoms. The van der Waals surface area contributed by atoms with E-state index >= 15 is 0 Å². The SMILES string of the molecule is COC(C)C(=O)Nc1ccccc1CC(N)=O. The van der Waals surface area contributed by atoms with E-state index in [1.165, 1.54) is 7.11 Å². The first-order chi connectivity index (χ1) is 8.04. The van der Waals surface area contributed by atoms with Gasteiger partial charge >= 0.3 is 0 Å². The number of para-hydroxylation sites is 1. The molecule has 2 amide bonds. The summed E-state index contributed by atoms with van der Waals surface area (Å²) in [5, 5.41) is 2.69. The van der Waals surface area contributed by atoms with Gasteiger partial charge in [-0.25, -0.2) is 0 Å². The number of carbonyl (C=O) groups is 2. The first kappa shape index (κ1) is 13.2. The van der Waals surface area contributed by atoms with Gasteiger partial charge in [0, 0.05) is 12.8 Å². The third-order valence-corrected chi connectivity index (χ3v) is 2.36. The molecule has 1 rings (SSSR count). The van der Waals surface area contributed by atoms with Crippen LogP contribution < -0.4 is 11.1 Å². The molecular weight excluding hydrogens is 220 g/mol. The first-order valence-corrected chi connectivity index (χ1v) is 5.24. The molecular formula is C12H16N2O3. The largest absolute Gasteiger partial charge is 0.372 e. The molecule has 1 aromatic carbocycles. The van der Waals surface area contributed by atoms with E-state index in [-0.39, 0.29) is 12.3 Å². The smallest absolute Gasteiger partial charge is 0.253 e. The van der Waals surface area contributed by atoms with Gasteiger partial charge in [0.25, 0.3) is 5.91 Å². The minimum absolute atomic E-state index is 0.0951. The van der Waals surface area contributed by atoms with Crippen LogP contribution in [-0.2, 0) is 20.7 Å². The van der Waals surface area contributed by atoms with Gasteiger partial charge in [0.15, 0.2) is 0 Å². The Morgan fingerprint density at radius 1 is 1.41 bits per heavy atom. The summed E-state index contributed by atoms with van der Waals surface area (Å²) < 4.78 is 4.90. The lowest BCUT2D eigenvalue weighted by Gasteiger charge is -2.13. The van der Waals surface area contributed by atoms with Crippen LogP contribution in [0.25, 0.3) is 0 Å². The van der Waals surface area contributed by atoms with Crippen molar-refractivity contribution in [3.05, 3.63) is 29.8 Å². The lowest BCUT2D eigenvalue weighted by atomic mass is 10.1. The van der Waals surface area contributed by atoms with Gasteiger partial charge in [-0.3, -0.25) is 9.59 Å². The Balaban J connectivity index is 2.83. The Bertz CT molecular complexity index is 418. The van der Waals surface area contributed by atoms with Crippen LogP contribution in [0.15, 0.2) is 24.3 Å². The number of nitrogens with two attached hydrogens (primary N) is 1. The third kappa shape index (κ3) is 3.88. The molecule has 0 saturated heterocycles. The predicted molar refractivity (Wildman–Crippen MR) is 64.4 cm³/mol. The van der Waals surface area contributed by atoms with Crippen molar-refractivity contribution in [3.63, 3.8) is 0 Å². The number of anilines is 1. The molecule has 5 nitrogen and oxygen atoms in total. The summed E-state index contributed by atoms with van der Waals surface area (Å²) in [6, 6.07) is 7.03. The van der Waals surface area contributed by atoms with E-state index < -0.39 is 12.0 Å². The maximum absolute atomic E-state index is 11.6. The second kappa shape index (κ2) is 6.00. The van der Waals surface area contributed by atoms with Crippen LogP contribution in [0.5, 0.6) is 0 Å². The molecule has 0 aromatic heterocycles. The number of hydrogen-bond donors (Lipinski definition) is 2. The van der Waals surface area contributed by atoms with Crippen LogP contribution >= 0.6 is 0 Å². The average molecular weight is 236 g/mol. The molecule has 0 heterocycles. The standard InChI is InChI=1S/C12H16N2O3/c1-8(17-2)12(16)14-10-6-4-3-5-9(10)7-11(13)15/h3-6,8H,7H2,1-2H3,(H2,13,15)(H,14,16). The predicted octanol–water partition coefficient (Wildman–Crippen LogP) is 0.688. The van der Waals surface area contributed by atoms with E-state index in [1.54, 1.807) is 31.2 Å². The molecule has 0 radical (unpaired) electrons. The van der Waals surface area contributed by atoms with Crippen molar-refractivity contribution in [1.29, 1.82) is 0 Å². The lowest BCUT2D eigenvalue weighted by molar-refractivity contribution is -0.124. The van der Waals surface area contributed by atoms with E-state index in [1.807, 2.05) is 0 Å². The number of ether oxygens (including phenoxy) is 1. The average Bonchev–Trinajstić information content (AvgIpc) is 2.29. The Labute approximate surface area is 99.9 Å². The molecule has 0 aliphatic rings. The van der Waals surface area contributed by atoms with Crippen molar-refractivity contribution in [2.24, 2.45) is 5.73 Å². The second-order valence-corrected chi connectivity index (χ2v) is 3.67. The molecule has 1 atom stereocenters. The third-order valence-electron chi connectivity index (χ3n) is 2.36. The quantitative estimate of drug-likeness (QED) is 0.789. The highest BCUT2D eigenvalue weighted by Crippen LogP contribution is 2.15. The number of amides is 2. The normalized spacial score (nSPS) is 11.9. The number of primary amides is 1. The zero-order valence-electron chi connectivity index (χ0n) is 9.90. The molecule has 0 bridgehead atoms. The molecule has 3 N–H and O–H groups in total. The fourth-order valence-corrected chi connectivity index (χ4v) is 1.33. The van der Waals surface area contributed by atoms with Gasteiger partial charge in [0.1, 0.15) is 6.10 Å². The lowest BCUT2D eigenvalue weighted by Crippen LogP contribution is -2.27. The molecule has 17 heavy (non-hydrogen) atoms. The topological polar surface area (TPSA) is 81.4 Å².